The molecule has 5 aromatic rings. The smallest absolute Gasteiger partial charge is 0.261 e. The Morgan fingerprint density at radius 2 is 2.03 bits per heavy atom. The Morgan fingerprint density at radius 3 is 2.76 bits per heavy atom. The van der Waals surface area contributed by atoms with E-state index < -0.39 is 5.92 Å². The molecular formula is C30H27F2N5S. The number of likely N-dealkylation sites (tertiary alicyclic amines) is 1. The molecule has 192 valence electrons. The van der Waals surface area contributed by atoms with Crippen LogP contribution >= 0.6 is 11.3 Å². The Labute approximate surface area is 223 Å². The minimum Gasteiger partial charge on any atom is -0.353 e. The molecular weight excluding hydrogens is 500 g/mol. The maximum atomic E-state index is 13.7. The van der Waals surface area contributed by atoms with Gasteiger partial charge in [0.05, 0.1) is 28.3 Å². The summed E-state index contributed by atoms with van der Waals surface area (Å²) in [6.45, 7) is 6.54. The number of nitrogens with zero attached hydrogens (tertiary/aromatic N) is 3. The number of pyridine rings is 1. The zero-order chi connectivity index (χ0) is 26.3. The first kappa shape index (κ1) is 24.5. The standard InChI is InChI=1S/C30H27F2N5S/c1-3-19(17-37-12-10-30(31,32)18-37)14-20(4-2)21-7-8-25-22(15-21)28(36-35-25)26-16-23-24(34-26)9-11-33-29(23)27-6-5-13-38-27/h3-9,11,13-16,34H,1,10,12,17-18H2,2H3,(H,35,36)/b19-14+,20-4+. The van der Waals surface area contributed by atoms with Crippen LogP contribution in [0.25, 0.3) is 49.3 Å². The maximum Gasteiger partial charge on any atom is 0.261 e. The van der Waals surface area contributed by atoms with Gasteiger partial charge < -0.3 is 4.98 Å². The van der Waals surface area contributed by atoms with Gasteiger partial charge in [0.25, 0.3) is 5.92 Å². The van der Waals surface area contributed by atoms with E-state index in [4.69, 9.17) is 0 Å². The summed E-state index contributed by atoms with van der Waals surface area (Å²) in [5, 5.41) is 11.9. The molecule has 5 heterocycles. The van der Waals surface area contributed by atoms with Gasteiger partial charge in [0.15, 0.2) is 0 Å². The van der Waals surface area contributed by atoms with Gasteiger partial charge in [-0.25, -0.2) is 8.78 Å². The van der Waals surface area contributed by atoms with E-state index in [9.17, 15) is 8.78 Å². The van der Waals surface area contributed by atoms with Gasteiger partial charge in [0, 0.05) is 42.0 Å². The average Bonchev–Trinajstić information content (AvgIpc) is 3.71. The van der Waals surface area contributed by atoms with E-state index in [2.05, 4.69) is 50.3 Å². The Kier molecular flexibility index (Phi) is 6.29. The molecule has 2 N–H and O–H groups in total. The van der Waals surface area contributed by atoms with Crippen LogP contribution in [0.3, 0.4) is 0 Å². The molecule has 0 bridgehead atoms. The molecule has 4 aromatic heterocycles. The van der Waals surface area contributed by atoms with Gasteiger partial charge in [-0.05, 0) is 59.3 Å². The Balaban J connectivity index is 1.35. The molecule has 0 atom stereocenters. The van der Waals surface area contributed by atoms with E-state index in [0.29, 0.717) is 13.1 Å². The number of aromatic nitrogens is 4. The molecule has 0 amide bonds. The topological polar surface area (TPSA) is 60.6 Å². The molecule has 1 aromatic carbocycles. The lowest BCUT2D eigenvalue weighted by Crippen LogP contribution is -2.26. The molecule has 6 rings (SSSR count). The number of nitrogens with one attached hydrogen (secondary N) is 2. The summed E-state index contributed by atoms with van der Waals surface area (Å²) >= 11 is 1.67. The molecule has 1 aliphatic rings. The molecule has 1 fully saturated rings. The summed E-state index contributed by atoms with van der Waals surface area (Å²) in [6, 6.07) is 14.4. The van der Waals surface area contributed by atoms with Crippen molar-refractivity contribution >= 4 is 38.7 Å². The zero-order valence-corrected chi connectivity index (χ0v) is 21.8. The SMILES string of the molecule is C=C/C(=C\C(=C/C)c1ccc2[nH]nc(-c3cc4c(-c5cccs5)nccc4[nH]3)c2c1)CN1CCC(F)(F)C1. The van der Waals surface area contributed by atoms with Crippen molar-refractivity contribution in [1.29, 1.82) is 0 Å². The van der Waals surface area contributed by atoms with Crippen molar-refractivity contribution in [2.45, 2.75) is 19.3 Å². The Bertz CT molecular complexity index is 1690. The third kappa shape index (κ3) is 4.61. The summed E-state index contributed by atoms with van der Waals surface area (Å²) in [5.41, 5.74) is 7.56. The predicted octanol–water partition coefficient (Wildman–Crippen LogP) is 7.69. The molecule has 0 spiro atoms. The minimum atomic E-state index is -2.61. The van der Waals surface area contributed by atoms with Crippen LogP contribution in [0.2, 0.25) is 0 Å². The number of hydrogen-bond donors (Lipinski definition) is 2. The van der Waals surface area contributed by atoms with Crippen molar-refractivity contribution in [2.75, 3.05) is 19.6 Å². The van der Waals surface area contributed by atoms with Crippen LogP contribution in [0.15, 0.2) is 84.4 Å². The first-order valence-electron chi connectivity index (χ1n) is 12.5. The Morgan fingerprint density at radius 1 is 1.16 bits per heavy atom. The fourth-order valence-corrected chi connectivity index (χ4v) is 5.83. The van der Waals surface area contributed by atoms with Crippen molar-refractivity contribution in [3.8, 4) is 22.0 Å². The molecule has 1 saturated heterocycles. The van der Waals surface area contributed by atoms with Gasteiger partial charge in [0.1, 0.15) is 5.69 Å². The predicted molar refractivity (Wildman–Crippen MR) is 152 cm³/mol. The molecule has 1 aliphatic heterocycles. The second-order valence-electron chi connectivity index (χ2n) is 9.60. The van der Waals surface area contributed by atoms with E-state index in [-0.39, 0.29) is 13.0 Å². The van der Waals surface area contributed by atoms with E-state index in [1.165, 1.54) is 0 Å². The largest absolute Gasteiger partial charge is 0.353 e. The lowest BCUT2D eigenvalue weighted by Gasteiger charge is -2.16. The van der Waals surface area contributed by atoms with Gasteiger partial charge in [-0.1, -0.05) is 36.9 Å². The first-order chi connectivity index (χ1) is 18.4. The lowest BCUT2D eigenvalue weighted by molar-refractivity contribution is 0.0131. The van der Waals surface area contributed by atoms with Gasteiger partial charge in [-0.3, -0.25) is 15.0 Å². The number of aromatic amines is 2. The summed E-state index contributed by atoms with van der Waals surface area (Å²) in [7, 11) is 0. The van der Waals surface area contributed by atoms with Gasteiger partial charge in [0.2, 0.25) is 0 Å². The highest BCUT2D eigenvalue weighted by molar-refractivity contribution is 7.13. The van der Waals surface area contributed by atoms with E-state index in [1.807, 2.05) is 49.5 Å². The molecule has 8 heteroatoms. The summed E-state index contributed by atoms with van der Waals surface area (Å²) in [6.07, 6.45) is 7.55. The average molecular weight is 528 g/mol. The van der Waals surface area contributed by atoms with Crippen LogP contribution in [0.1, 0.15) is 18.9 Å². The molecule has 0 saturated carbocycles. The quantitative estimate of drug-likeness (QED) is 0.213. The number of alkyl halides is 2. The number of rotatable bonds is 7. The van der Waals surface area contributed by atoms with Crippen LogP contribution in [-0.2, 0) is 0 Å². The van der Waals surface area contributed by atoms with Crippen molar-refractivity contribution < 1.29 is 8.78 Å². The van der Waals surface area contributed by atoms with Crippen molar-refractivity contribution in [3.05, 3.63) is 90.0 Å². The number of H-pyrrole nitrogens is 2. The molecule has 0 radical (unpaired) electrons. The van der Waals surface area contributed by atoms with Gasteiger partial charge in [-0.15, -0.1) is 11.3 Å². The molecule has 38 heavy (non-hydrogen) atoms. The second kappa shape index (κ2) is 9.78. The van der Waals surface area contributed by atoms with Crippen LogP contribution < -0.4 is 0 Å². The number of halogens is 2. The number of hydrogen-bond acceptors (Lipinski definition) is 4. The highest BCUT2D eigenvalue weighted by Gasteiger charge is 2.37. The molecule has 5 nitrogen and oxygen atoms in total. The van der Waals surface area contributed by atoms with Gasteiger partial charge in [-0.2, -0.15) is 5.10 Å². The van der Waals surface area contributed by atoms with Crippen LogP contribution in [0.4, 0.5) is 8.78 Å². The normalized spacial score (nSPS) is 16.6. The van der Waals surface area contributed by atoms with Crippen molar-refractivity contribution in [3.63, 3.8) is 0 Å². The first-order valence-corrected chi connectivity index (χ1v) is 13.4. The van der Waals surface area contributed by atoms with Crippen LogP contribution in [0.5, 0.6) is 0 Å². The van der Waals surface area contributed by atoms with Crippen LogP contribution in [-0.4, -0.2) is 50.6 Å². The monoisotopic (exact) mass is 527 g/mol. The third-order valence-corrected chi connectivity index (χ3v) is 7.90. The minimum absolute atomic E-state index is 0.0908. The zero-order valence-electron chi connectivity index (χ0n) is 21.0. The van der Waals surface area contributed by atoms with Gasteiger partial charge >= 0.3 is 0 Å². The van der Waals surface area contributed by atoms with E-state index >= 15 is 0 Å². The molecule has 0 aliphatic carbocycles. The number of allylic oxidation sites excluding steroid dienone is 3. The fraction of sp³-hybridized carbons (Fsp3) is 0.200. The van der Waals surface area contributed by atoms with Crippen molar-refractivity contribution in [2.24, 2.45) is 0 Å². The summed E-state index contributed by atoms with van der Waals surface area (Å²) in [4.78, 5) is 11.1. The van der Waals surface area contributed by atoms with Crippen LogP contribution in [0, 0.1) is 0 Å². The second-order valence-corrected chi connectivity index (χ2v) is 10.5. The number of benzene rings is 1. The maximum absolute atomic E-state index is 13.7. The fourth-order valence-electron chi connectivity index (χ4n) is 5.09. The molecule has 0 unspecified atom stereocenters. The number of fused-ring (bicyclic) bond motifs is 2. The number of thiophene rings is 1. The highest BCUT2D eigenvalue weighted by atomic mass is 32.1. The van der Waals surface area contributed by atoms with E-state index in [0.717, 1.165) is 60.5 Å². The highest BCUT2D eigenvalue weighted by Crippen LogP contribution is 2.35. The Hall–Kier alpha value is -3.88. The third-order valence-electron chi connectivity index (χ3n) is 7.02. The summed E-state index contributed by atoms with van der Waals surface area (Å²) in [5.74, 6) is -2.61. The summed E-state index contributed by atoms with van der Waals surface area (Å²) < 4.78 is 27.4. The lowest BCUT2D eigenvalue weighted by atomic mass is 10.00. The van der Waals surface area contributed by atoms with Crippen molar-refractivity contribution in [1.82, 2.24) is 25.1 Å². The van der Waals surface area contributed by atoms with E-state index in [1.54, 1.807) is 22.3 Å².